The Morgan fingerprint density at radius 1 is 1.29 bits per heavy atom. The van der Waals surface area contributed by atoms with E-state index in [9.17, 15) is 14.5 Å². The molecular formula is C13H14NO5PS. The largest absolute Gasteiger partial charge is 0.478 e. The van der Waals surface area contributed by atoms with E-state index in [0.717, 1.165) is 5.69 Å². The maximum absolute atomic E-state index is 12.5. The second kappa shape index (κ2) is 6.07. The summed E-state index contributed by atoms with van der Waals surface area (Å²) in [6.45, 7) is 1.84. The topological polar surface area (TPSA) is 85.7 Å². The van der Waals surface area contributed by atoms with E-state index < -0.39 is 13.6 Å². The second-order valence-electron chi connectivity index (χ2n) is 4.23. The van der Waals surface area contributed by atoms with Gasteiger partial charge in [0, 0.05) is 30.9 Å². The molecule has 1 heterocycles. The number of carboxylic acid groups (broad SMARTS) is 1. The number of aryl methyl sites for hydroxylation is 1. The molecule has 21 heavy (non-hydrogen) atoms. The third-order valence-corrected chi connectivity index (χ3v) is 5.69. The van der Waals surface area contributed by atoms with Crippen LogP contribution in [0.1, 0.15) is 16.1 Å². The van der Waals surface area contributed by atoms with Crippen LogP contribution in [0, 0.1) is 6.92 Å². The van der Waals surface area contributed by atoms with Crippen LogP contribution in [-0.4, -0.2) is 30.3 Å². The number of aromatic carboxylic acids is 1. The summed E-state index contributed by atoms with van der Waals surface area (Å²) in [5, 5.41) is 11.9. The van der Waals surface area contributed by atoms with Crippen LogP contribution in [0.5, 0.6) is 0 Å². The summed E-state index contributed by atoms with van der Waals surface area (Å²) in [7, 11) is -1.02. The van der Waals surface area contributed by atoms with Crippen molar-refractivity contribution < 1.29 is 23.5 Å². The Labute approximate surface area is 125 Å². The Balaban J connectivity index is 2.65. The lowest BCUT2D eigenvalue weighted by Crippen LogP contribution is -2.11. The fraction of sp³-hybridized carbons (Fsp3) is 0.231. The van der Waals surface area contributed by atoms with Gasteiger partial charge in [-0.25, -0.2) is 9.78 Å². The molecule has 1 aromatic carbocycles. The highest BCUT2D eigenvalue weighted by molar-refractivity contribution is 7.62. The molecule has 1 aromatic heterocycles. The minimum absolute atomic E-state index is 0.00433. The Bertz CT molecular complexity index is 719. The van der Waals surface area contributed by atoms with Gasteiger partial charge in [0.25, 0.3) is 0 Å². The number of carbonyl (C=O) groups is 1. The first-order chi connectivity index (χ1) is 9.89. The van der Waals surface area contributed by atoms with Gasteiger partial charge in [-0.05, 0) is 25.1 Å². The number of hydrogen-bond donors (Lipinski definition) is 1. The first-order valence-electron chi connectivity index (χ1n) is 5.92. The first-order valence-corrected chi connectivity index (χ1v) is 8.35. The lowest BCUT2D eigenvalue weighted by molar-refractivity contribution is 0.0697. The third kappa shape index (κ3) is 3.22. The SMILES string of the molecule is COP(=O)(OC)c1cc(C(=O)O)cc(-c2nc(C)cs2)c1. The zero-order valence-electron chi connectivity index (χ0n) is 11.7. The van der Waals surface area contributed by atoms with Gasteiger partial charge in [-0.1, -0.05) is 0 Å². The molecule has 0 unspecified atom stereocenters. The summed E-state index contributed by atoms with van der Waals surface area (Å²) >= 11 is 1.38. The van der Waals surface area contributed by atoms with Gasteiger partial charge in [0.2, 0.25) is 0 Å². The number of thiazole rings is 1. The summed E-state index contributed by atoms with van der Waals surface area (Å²) in [5.41, 5.74) is 1.40. The molecule has 8 heteroatoms. The standard InChI is InChI=1S/C13H14NO5PS/c1-8-7-21-12(14-8)9-4-10(13(15)16)6-11(5-9)20(17,18-2)19-3/h4-7H,1-3H3,(H,15,16). The van der Waals surface area contributed by atoms with Gasteiger partial charge in [-0.2, -0.15) is 0 Å². The molecule has 0 fully saturated rings. The summed E-state index contributed by atoms with van der Waals surface area (Å²) in [4.78, 5) is 15.6. The molecule has 1 N–H and O–H groups in total. The lowest BCUT2D eigenvalue weighted by atomic mass is 10.1. The Morgan fingerprint density at radius 3 is 2.43 bits per heavy atom. The molecule has 0 aliphatic carbocycles. The Hall–Kier alpha value is -1.53. The zero-order valence-corrected chi connectivity index (χ0v) is 13.4. The second-order valence-corrected chi connectivity index (χ2v) is 7.33. The molecule has 2 rings (SSSR count). The van der Waals surface area contributed by atoms with Crippen molar-refractivity contribution >= 4 is 30.2 Å². The van der Waals surface area contributed by atoms with Crippen LogP contribution in [0.3, 0.4) is 0 Å². The molecule has 0 atom stereocenters. The normalized spacial score (nSPS) is 11.6. The highest BCUT2D eigenvalue weighted by Crippen LogP contribution is 2.46. The van der Waals surface area contributed by atoms with E-state index >= 15 is 0 Å². The minimum atomic E-state index is -3.53. The van der Waals surface area contributed by atoms with E-state index in [1.807, 2.05) is 12.3 Å². The molecular weight excluding hydrogens is 313 g/mol. The number of hydrogen-bond acceptors (Lipinski definition) is 6. The van der Waals surface area contributed by atoms with Gasteiger partial charge in [0.05, 0.1) is 10.9 Å². The van der Waals surface area contributed by atoms with Crippen LogP contribution in [0.15, 0.2) is 23.6 Å². The van der Waals surface area contributed by atoms with Crippen LogP contribution in [0.4, 0.5) is 0 Å². The zero-order chi connectivity index (χ0) is 15.6. The van der Waals surface area contributed by atoms with Gasteiger partial charge in [0.1, 0.15) is 5.01 Å². The monoisotopic (exact) mass is 327 g/mol. The number of benzene rings is 1. The molecule has 0 amide bonds. The molecule has 112 valence electrons. The number of aromatic nitrogens is 1. The first kappa shape index (κ1) is 15.9. The highest BCUT2D eigenvalue weighted by atomic mass is 32.1. The minimum Gasteiger partial charge on any atom is -0.478 e. The number of nitrogens with zero attached hydrogens (tertiary/aromatic N) is 1. The van der Waals surface area contributed by atoms with E-state index in [1.54, 1.807) is 6.07 Å². The van der Waals surface area contributed by atoms with Gasteiger partial charge in [-0.3, -0.25) is 4.57 Å². The maximum atomic E-state index is 12.5. The number of carboxylic acids is 1. The summed E-state index contributed by atoms with van der Waals surface area (Å²) in [6, 6.07) is 4.36. The van der Waals surface area contributed by atoms with Crippen molar-refractivity contribution in [2.24, 2.45) is 0 Å². The lowest BCUT2D eigenvalue weighted by Gasteiger charge is -2.15. The summed E-state index contributed by atoms with van der Waals surface area (Å²) in [5.74, 6) is -1.12. The van der Waals surface area contributed by atoms with Crippen molar-refractivity contribution in [1.29, 1.82) is 0 Å². The van der Waals surface area contributed by atoms with Crippen molar-refractivity contribution in [3.05, 3.63) is 34.8 Å². The average Bonchev–Trinajstić information content (AvgIpc) is 2.92. The van der Waals surface area contributed by atoms with Gasteiger partial charge < -0.3 is 14.2 Å². The smallest absolute Gasteiger partial charge is 0.360 e. The third-order valence-electron chi connectivity index (χ3n) is 2.83. The van der Waals surface area contributed by atoms with E-state index in [2.05, 4.69) is 4.98 Å². The van der Waals surface area contributed by atoms with Gasteiger partial charge in [-0.15, -0.1) is 11.3 Å². The van der Waals surface area contributed by atoms with Gasteiger partial charge in [0.15, 0.2) is 0 Å². The van der Waals surface area contributed by atoms with Crippen LogP contribution in [-0.2, 0) is 13.6 Å². The molecule has 0 radical (unpaired) electrons. The van der Waals surface area contributed by atoms with Crippen LogP contribution in [0.2, 0.25) is 0 Å². The molecule has 0 saturated heterocycles. The quantitative estimate of drug-likeness (QED) is 0.850. The van der Waals surface area contributed by atoms with Crippen molar-refractivity contribution in [1.82, 2.24) is 4.98 Å². The van der Waals surface area contributed by atoms with Gasteiger partial charge >= 0.3 is 13.6 Å². The molecule has 6 nitrogen and oxygen atoms in total. The maximum Gasteiger partial charge on any atom is 0.360 e. The molecule has 0 saturated carbocycles. The predicted octanol–water partition coefficient (Wildman–Crippen LogP) is 2.93. The summed E-state index contributed by atoms with van der Waals surface area (Å²) in [6.07, 6.45) is 0. The fourth-order valence-electron chi connectivity index (χ4n) is 1.79. The average molecular weight is 327 g/mol. The molecule has 0 bridgehead atoms. The Morgan fingerprint density at radius 2 is 1.95 bits per heavy atom. The highest BCUT2D eigenvalue weighted by Gasteiger charge is 2.27. The fourth-order valence-corrected chi connectivity index (χ4v) is 3.74. The van der Waals surface area contributed by atoms with E-state index in [4.69, 9.17) is 9.05 Å². The van der Waals surface area contributed by atoms with Crippen LogP contribution >= 0.6 is 18.9 Å². The van der Waals surface area contributed by atoms with Crippen LogP contribution < -0.4 is 5.30 Å². The van der Waals surface area contributed by atoms with E-state index in [0.29, 0.717) is 10.6 Å². The molecule has 2 aromatic rings. The molecule has 0 aliphatic rings. The van der Waals surface area contributed by atoms with Crippen molar-refractivity contribution in [2.75, 3.05) is 14.2 Å². The van der Waals surface area contributed by atoms with E-state index in [1.165, 1.54) is 37.7 Å². The van der Waals surface area contributed by atoms with Crippen LogP contribution in [0.25, 0.3) is 10.6 Å². The van der Waals surface area contributed by atoms with E-state index in [-0.39, 0.29) is 10.9 Å². The molecule has 0 spiro atoms. The van der Waals surface area contributed by atoms with Crippen molar-refractivity contribution in [3.63, 3.8) is 0 Å². The predicted molar refractivity (Wildman–Crippen MR) is 80.5 cm³/mol. The Kier molecular flexibility index (Phi) is 4.58. The van der Waals surface area contributed by atoms with Crippen molar-refractivity contribution in [3.8, 4) is 10.6 Å². The van der Waals surface area contributed by atoms with Crippen molar-refractivity contribution in [2.45, 2.75) is 6.92 Å². The number of rotatable bonds is 5. The molecule has 0 aliphatic heterocycles. The summed E-state index contributed by atoms with van der Waals surface area (Å²) < 4.78 is 22.3.